The Labute approximate surface area is 324 Å². The molecule has 0 fully saturated rings. The number of nitrogen functional groups attached to an aromatic ring is 1. The highest BCUT2D eigenvalue weighted by Crippen LogP contribution is 2.40. The smallest absolute Gasteiger partial charge is 0.275 e. The predicted molar refractivity (Wildman–Crippen MR) is 215 cm³/mol. The van der Waals surface area contributed by atoms with Crippen LogP contribution in [0.4, 0.5) is 17.1 Å². The minimum absolute atomic E-state index is 0.112. The third-order valence-corrected chi connectivity index (χ3v) is 10.3. The van der Waals surface area contributed by atoms with Crippen molar-refractivity contribution in [2.24, 2.45) is 9.98 Å². The molecule has 4 aliphatic rings. The molecule has 0 aromatic heterocycles. The number of rotatable bonds is 11. The van der Waals surface area contributed by atoms with Gasteiger partial charge in [-0.2, -0.15) is 0 Å². The summed E-state index contributed by atoms with van der Waals surface area (Å²) in [7, 11) is 4.73. The molecule has 0 radical (unpaired) electrons. The van der Waals surface area contributed by atoms with Crippen molar-refractivity contribution >= 4 is 52.6 Å². The molecule has 0 saturated carbocycles. The summed E-state index contributed by atoms with van der Waals surface area (Å²) in [6, 6.07) is 22.3. The Balaban J connectivity index is 0.906. The van der Waals surface area contributed by atoms with E-state index in [0.717, 1.165) is 28.0 Å². The van der Waals surface area contributed by atoms with E-state index in [1.165, 1.54) is 7.11 Å². The van der Waals surface area contributed by atoms with Crippen molar-refractivity contribution in [3.8, 4) is 28.7 Å². The lowest BCUT2D eigenvalue weighted by atomic mass is 9.94. The van der Waals surface area contributed by atoms with Crippen molar-refractivity contribution in [2.45, 2.75) is 18.9 Å². The summed E-state index contributed by atoms with van der Waals surface area (Å²) >= 11 is 0. The largest absolute Gasteiger partial charge is 0.497 e. The van der Waals surface area contributed by atoms with Crippen LogP contribution in [0.2, 0.25) is 0 Å². The van der Waals surface area contributed by atoms with Gasteiger partial charge in [0.15, 0.2) is 23.0 Å². The monoisotopic (exact) mass is 754 g/mol. The molecular formula is C43H42N6O7. The molecule has 2 N–H and O–H groups in total. The van der Waals surface area contributed by atoms with E-state index in [9.17, 15) is 9.59 Å². The second-order valence-corrected chi connectivity index (χ2v) is 13.6. The summed E-state index contributed by atoms with van der Waals surface area (Å²) < 4.78 is 28.9. The van der Waals surface area contributed by atoms with E-state index in [2.05, 4.69) is 11.1 Å². The average molecular weight is 755 g/mol. The minimum atomic E-state index is -0.192. The molecule has 2 amide bonds. The zero-order valence-electron chi connectivity index (χ0n) is 31.4. The third-order valence-electron chi connectivity index (χ3n) is 10.3. The van der Waals surface area contributed by atoms with Crippen LogP contribution in [-0.2, 0) is 0 Å². The number of nitrogens with two attached hydrogens (primary N) is 1. The third kappa shape index (κ3) is 7.10. The fourth-order valence-corrected chi connectivity index (χ4v) is 7.22. The second kappa shape index (κ2) is 15.5. The number of carbonyl (C=O) groups excluding carboxylic acids is 2. The van der Waals surface area contributed by atoms with E-state index in [4.69, 9.17) is 34.4 Å². The molecular weight excluding hydrogens is 713 g/mol. The van der Waals surface area contributed by atoms with Gasteiger partial charge in [-0.05, 0) is 65.1 Å². The summed E-state index contributed by atoms with van der Waals surface area (Å²) in [5.41, 5.74) is 12.8. The standard InChI is InChI=1S/C43H42N6O7/c1-52-33-11-7-27(8-12-33)29-13-15-48-32(19-29)24-45-36-22-40(38(53-2)20-34(36)42(48)50)55-17-4-18-56-41-23-37-35(21-39(41)54-3)43(51)49-16-14-30(25-47(49)26-46-37)28-5-9-31(44)10-6-28/h5-14,20-24,26,32H,4,15-19,25,44H2,1-3H3/t32-/m0/s1. The number of hydrazine groups is 1. The van der Waals surface area contributed by atoms with Crippen LogP contribution in [0, 0.1) is 0 Å². The van der Waals surface area contributed by atoms with Gasteiger partial charge in [0.1, 0.15) is 12.1 Å². The fraction of sp³-hybridized carbons (Fsp3) is 0.256. The minimum Gasteiger partial charge on any atom is -0.497 e. The van der Waals surface area contributed by atoms with E-state index in [-0.39, 0.29) is 17.9 Å². The maximum atomic E-state index is 13.8. The summed E-state index contributed by atoms with van der Waals surface area (Å²) in [6.45, 7) is 1.94. The van der Waals surface area contributed by atoms with Gasteiger partial charge in [0.25, 0.3) is 11.8 Å². The van der Waals surface area contributed by atoms with Gasteiger partial charge < -0.3 is 34.3 Å². The van der Waals surface area contributed by atoms with Gasteiger partial charge >= 0.3 is 0 Å². The van der Waals surface area contributed by atoms with Crippen LogP contribution in [-0.4, -0.2) is 99.5 Å². The SMILES string of the molecule is COc1ccc(C2=CCN3C(=O)c4cc(OC)c(OCCCOc5cc6c(cc5OC)C(=O)N5CC=C(c7ccc(N)cc7)CN5C=N6)cc4N=C[C@@H]3C2)cc1. The molecule has 1 atom stereocenters. The number of hydrogen-bond donors (Lipinski definition) is 1. The molecule has 286 valence electrons. The molecule has 0 saturated heterocycles. The van der Waals surface area contributed by atoms with Crippen molar-refractivity contribution in [1.29, 1.82) is 0 Å². The highest BCUT2D eigenvalue weighted by Gasteiger charge is 2.33. The highest BCUT2D eigenvalue weighted by molar-refractivity contribution is 6.04. The lowest BCUT2D eigenvalue weighted by Gasteiger charge is -2.36. The number of fused-ring (bicyclic) bond motifs is 4. The number of amides is 2. The molecule has 13 nitrogen and oxygen atoms in total. The van der Waals surface area contributed by atoms with Crippen LogP contribution in [0.5, 0.6) is 28.7 Å². The van der Waals surface area contributed by atoms with Crippen molar-refractivity contribution in [1.82, 2.24) is 14.9 Å². The summed E-state index contributed by atoms with van der Waals surface area (Å²) in [4.78, 5) is 38.7. The quantitative estimate of drug-likeness (QED) is 0.133. The number of ether oxygens (including phenoxy) is 5. The average Bonchev–Trinajstić information content (AvgIpc) is 3.46. The van der Waals surface area contributed by atoms with Crippen molar-refractivity contribution < 1.29 is 33.3 Å². The Morgan fingerprint density at radius 2 is 1.30 bits per heavy atom. The lowest BCUT2D eigenvalue weighted by molar-refractivity contribution is 0.0398. The van der Waals surface area contributed by atoms with E-state index < -0.39 is 0 Å². The first-order valence-corrected chi connectivity index (χ1v) is 18.4. The highest BCUT2D eigenvalue weighted by atomic mass is 16.5. The Morgan fingerprint density at radius 3 is 1.96 bits per heavy atom. The molecule has 0 bridgehead atoms. The maximum absolute atomic E-state index is 13.8. The lowest BCUT2D eigenvalue weighted by Crippen LogP contribution is -2.48. The first-order chi connectivity index (χ1) is 27.3. The number of hydrogen-bond acceptors (Lipinski definition) is 11. The van der Waals surface area contributed by atoms with E-state index in [0.29, 0.717) is 96.9 Å². The summed E-state index contributed by atoms with van der Waals surface area (Å²) in [5, 5.41) is 3.48. The first-order valence-electron chi connectivity index (χ1n) is 18.4. The number of anilines is 1. The Bertz CT molecular complexity index is 2280. The van der Waals surface area contributed by atoms with Crippen molar-refractivity contribution in [2.75, 3.05) is 59.9 Å². The Kier molecular flexibility index (Phi) is 10.1. The zero-order chi connectivity index (χ0) is 38.8. The predicted octanol–water partition coefficient (Wildman–Crippen LogP) is 6.59. The van der Waals surface area contributed by atoms with Crippen molar-refractivity contribution in [3.63, 3.8) is 0 Å². The number of benzene rings is 4. The Morgan fingerprint density at radius 1 is 0.696 bits per heavy atom. The van der Waals surface area contributed by atoms with E-state index in [1.807, 2.05) is 70.7 Å². The Hall–Kier alpha value is -6.76. The normalized spacial score (nSPS) is 17.1. The van der Waals surface area contributed by atoms with Gasteiger partial charge in [0, 0.05) is 37.0 Å². The maximum Gasteiger partial charge on any atom is 0.275 e. The van der Waals surface area contributed by atoms with Gasteiger partial charge in [-0.3, -0.25) is 19.6 Å². The van der Waals surface area contributed by atoms with Crippen LogP contribution in [0.1, 0.15) is 44.7 Å². The molecule has 0 spiro atoms. The van der Waals surface area contributed by atoms with Gasteiger partial charge in [-0.15, -0.1) is 0 Å². The van der Waals surface area contributed by atoms with Crippen molar-refractivity contribution in [3.05, 3.63) is 107 Å². The van der Waals surface area contributed by atoms with Crippen LogP contribution >= 0.6 is 0 Å². The number of carbonyl (C=O) groups is 2. The molecule has 8 rings (SSSR count). The number of aliphatic imine (C=N–C) groups is 2. The zero-order valence-corrected chi connectivity index (χ0v) is 31.4. The fourth-order valence-electron chi connectivity index (χ4n) is 7.22. The summed E-state index contributed by atoms with van der Waals surface area (Å²) in [5.74, 6) is 2.30. The van der Waals surface area contributed by atoms with Gasteiger partial charge in [-0.1, -0.05) is 36.4 Å². The molecule has 0 aliphatic carbocycles. The van der Waals surface area contributed by atoms with Crippen LogP contribution in [0.25, 0.3) is 11.1 Å². The van der Waals surface area contributed by atoms with E-state index in [1.54, 1.807) is 49.8 Å². The van der Waals surface area contributed by atoms with Crippen LogP contribution in [0.15, 0.2) is 94.9 Å². The summed E-state index contributed by atoms with van der Waals surface area (Å²) in [6.07, 6.45) is 8.82. The molecule has 4 heterocycles. The van der Waals surface area contributed by atoms with Crippen LogP contribution in [0.3, 0.4) is 0 Å². The molecule has 56 heavy (non-hydrogen) atoms. The molecule has 4 aromatic carbocycles. The second-order valence-electron chi connectivity index (χ2n) is 13.6. The topological polar surface area (TPSA) is 141 Å². The molecule has 13 heteroatoms. The van der Waals surface area contributed by atoms with Crippen LogP contribution < -0.4 is 29.4 Å². The molecule has 4 aromatic rings. The van der Waals surface area contributed by atoms with Gasteiger partial charge in [0.05, 0.1) is 76.2 Å². The van der Waals surface area contributed by atoms with Gasteiger partial charge in [0.2, 0.25) is 0 Å². The number of nitrogens with zero attached hydrogens (tertiary/aromatic N) is 5. The van der Waals surface area contributed by atoms with E-state index >= 15 is 0 Å². The first kappa shape index (κ1) is 36.2. The number of methoxy groups -OCH3 is 3. The molecule has 4 aliphatic heterocycles. The molecule has 0 unspecified atom stereocenters. The van der Waals surface area contributed by atoms with Gasteiger partial charge in [-0.25, -0.2) is 10.0 Å².